The van der Waals surface area contributed by atoms with Gasteiger partial charge in [-0.15, -0.1) is 0 Å². The lowest BCUT2D eigenvalue weighted by Crippen LogP contribution is -1.92. The van der Waals surface area contributed by atoms with E-state index in [-0.39, 0.29) is 0 Å². The predicted molar refractivity (Wildman–Crippen MR) is 97.2 cm³/mol. The van der Waals surface area contributed by atoms with Gasteiger partial charge in [-0.3, -0.25) is 0 Å². The van der Waals surface area contributed by atoms with Crippen molar-refractivity contribution in [3.63, 3.8) is 0 Å². The molecule has 0 aliphatic heterocycles. The first-order chi connectivity index (χ1) is 11.2. The van der Waals surface area contributed by atoms with E-state index in [4.69, 9.17) is 9.47 Å². The van der Waals surface area contributed by atoms with E-state index >= 15 is 0 Å². The smallest absolute Gasteiger partial charge is 0.167 e. The molecule has 23 heavy (non-hydrogen) atoms. The summed E-state index contributed by atoms with van der Waals surface area (Å²) in [5.74, 6) is 1.49. The van der Waals surface area contributed by atoms with Crippen molar-refractivity contribution in [1.29, 1.82) is 0 Å². The maximum Gasteiger partial charge on any atom is 0.167 e. The van der Waals surface area contributed by atoms with Crippen molar-refractivity contribution in [1.82, 2.24) is 0 Å². The molecule has 0 bridgehead atoms. The molecule has 0 saturated heterocycles. The van der Waals surface area contributed by atoms with E-state index in [0.717, 1.165) is 17.1 Å². The number of para-hydroxylation sites is 1. The van der Waals surface area contributed by atoms with Crippen LogP contribution >= 0.6 is 0 Å². The van der Waals surface area contributed by atoms with E-state index in [1.807, 2.05) is 18.2 Å². The van der Waals surface area contributed by atoms with Crippen molar-refractivity contribution >= 4 is 22.9 Å². The summed E-state index contributed by atoms with van der Waals surface area (Å²) in [5, 5.41) is 2.50. The maximum atomic E-state index is 5.49. The second kappa shape index (κ2) is 6.57. The Labute approximate surface area is 137 Å². The van der Waals surface area contributed by atoms with Gasteiger partial charge in [-0.2, -0.15) is 0 Å². The van der Waals surface area contributed by atoms with Gasteiger partial charge >= 0.3 is 0 Å². The van der Waals surface area contributed by atoms with E-state index in [0.29, 0.717) is 0 Å². The van der Waals surface area contributed by atoms with E-state index in [9.17, 15) is 0 Å². The zero-order valence-electron chi connectivity index (χ0n) is 13.7. The van der Waals surface area contributed by atoms with Crippen LogP contribution < -0.4 is 9.47 Å². The van der Waals surface area contributed by atoms with Gasteiger partial charge in [0.25, 0.3) is 0 Å². The Balaban J connectivity index is 2.08. The monoisotopic (exact) mass is 304 g/mol. The Morgan fingerprint density at radius 2 is 1.57 bits per heavy atom. The zero-order valence-corrected chi connectivity index (χ0v) is 13.7. The average molecular weight is 304 g/mol. The molecule has 0 heterocycles. The summed E-state index contributed by atoms with van der Waals surface area (Å²) in [6.07, 6.45) is 4.20. The highest BCUT2D eigenvalue weighted by Gasteiger charge is 2.07. The van der Waals surface area contributed by atoms with Gasteiger partial charge in [-0.05, 0) is 34.9 Å². The lowest BCUT2D eigenvalue weighted by Gasteiger charge is -2.10. The number of hydrogen-bond acceptors (Lipinski definition) is 2. The van der Waals surface area contributed by atoms with Crippen LogP contribution in [0, 0.1) is 6.92 Å². The summed E-state index contributed by atoms with van der Waals surface area (Å²) < 4.78 is 10.9. The van der Waals surface area contributed by atoms with E-state index in [2.05, 4.69) is 55.5 Å². The molecule has 0 saturated carbocycles. The fourth-order valence-electron chi connectivity index (χ4n) is 2.86. The first kappa shape index (κ1) is 15.2. The Hall–Kier alpha value is -2.74. The molecule has 0 spiro atoms. The largest absolute Gasteiger partial charge is 0.493 e. The molecule has 0 amide bonds. The van der Waals surface area contributed by atoms with Gasteiger partial charge in [0.1, 0.15) is 0 Å². The normalized spacial score (nSPS) is 11.1. The van der Waals surface area contributed by atoms with Gasteiger partial charge in [0.2, 0.25) is 0 Å². The quantitative estimate of drug-likeness (QED) is 0.606. The SMILES string of the molecule is COc1cccc(/C=C\c2cc(C)cc3ccccc23)c1OC. The first-order valence-electron chi connectivity index (χ1n) is 7.61. The minimum Gasteiger partial charge on any atom is -0.493 e. The molecule has 2 nitrogen and oxygen atoms in total. The molecule has 116 valence electrons. The second-order valence-electron chi connectivity index (χ2n) is 5.49. The first-order valence-corrected chi connectivity index (χ1v) is 7.61. The molecule has 0 aliphatic carbocycles. The van der Waals surface area contributed by atoms with Gasteiger partial charge in [0.05, 0.1) is 14.2 Å². The average Bonchev–Trinajstić information content (AvgIpc) is 2.58. The lowest BCUT2D eigenvalue weighted by molar-refractivity contribution is 0.354. The van der Waals surface area contributed by atoms with Crippen LogP contribution in [0.2, 0.25) is 0 Å². The molecule has 0 fully saturated rings. The third-order valence-electron chi connectivity index (χ3n) is 3.91. The summed E-state index contributed by atoms with van der Waals surface area (Å²) in [7, 11) is 3.32. The van der Waals surface area contributed by atoms with Crippen LogP contribution in [0.1, 0.15) is 16.7 Å². The van der Waals surface area contributed by atoms with Crippen LogP contribution in [0.3, 0.4) is 0 Å². The molecule has 0 aliphatic rings. The summed E-state index contributed by atoms with van der Waals surface area (Å²) in [5.41, 5.74) is 3.45. The van der Waals surface area contributed by atoms with E-state index < -0.39 is 0 Å². The van der Waals surface area contributed by atoms with Crippen LogP contribution in [0.15, 0.2) is 54.6 Å². The van der Waals surface area contributed by atoms with Gasteiger partial charge in [-0.25, -0.2) is 0 Å². The molecular weight excluding hydrogens is 284 g/mol. The fourth-order valence-corrected chi connectivity index (χ4v) is 2.86. The van der Waals surface area contributed by atoms with E-state index in [1.54, 1.807) is 14.2 Å². The number of benzene rings is 3. The number of methoxy groups -OCH3 is 2. The van der Waals surface area contributed by atoms with Crippen LogP contribution in [0.25, 0.3) is 22.9 Å². The van der Waals surface area contributed by atoms with Gasteiger partial charge < -0.3 is 9.47 Å². The minimum absolute atomic E-state index is 0.740. The number of hydrogen-bond donors (Lipinski definition) is 0. The standard InChI is InChI=1S/C21H20O2/c1-15-13-17-7-4-5-9-19(17)18(14-15)12-11-16-8-6-10-20(22-2)21(16)23-3/h4-14H,1-3H3/b12-11-. The molecule has 0 atom stereocenters. The molecule has 3 aromatic rings. The van der Waals surface area contributed by atoms with Crippen molar-refractivity contribution in [3.8, 4) is 11.5 Å². The lowest BCUT2D eigenvalue weighted by atomic mass is 10.0. The number of aryl methyl sites for hydroxylation is 1. The van der Waals surface area contributed by atoms with Crippen molar-refractivity contribution in [2.75, 3.05) is 14.2 Å². The minimum atomic E-state index is 0.740. The van der Waals surface area contributed by atoms with Crippen LogP contribution in [-0.4, -0.2) is 14.2 Å². The summed E-state index contributed by atoms with van der Waals surface area (Å²) >= 11 is 0. The van der Waals surface area contributed by atoms with Crippen LogP contribution in [0.5, 0.6) is 11.5 Å². The van der Waals surface area contributed by atoms with Gasteiger partial charge in [-0.1, -0.05) is 60.7 Å². The Morgan fingerprint density at radius 3 is 2.35 bits per heavy atom. The third-order valence-corrected chi connectivity index (χ3v) is 3.91. The summed E-state index contributed by atoms with van der Waals surface area (Å²) in [4.78, 5) is 0. The predicted octanol–water partition coefficient (Wildman–Crippen LogP) is 5.34. The van der Waals surface area contributed by atoms with E-state index in [1.165, 1.54) is 21.9 Å². The zero-order chi connectivity index (χ0) is 16.2. The highest BCUT2D eigenvalue weighted by atomic mass is 16.5. The molecule has 2 heteroatoms. The number of fused-ring (bicyclic) bond motifs is 1. The van der Waals surface area contributed by atoms with Crippen molar-refractivity contribution in [2.45, 2.75) is 6.92 Å². The highest BCUT2D eigenvalue weighted by Crippen LogP contribution is 2.32. The van der Waals surface area contributed by atoms with Crippen molar-refractivity contribution in [3.05, 3.63) is 71.3 Å². The van der Waals surface area contributed by atoms with Crippen molar-refractivity contribution < 1.29 is 9.47 Å². The van der Waals surface area contributed by atoms with Gasteiger partial charge in [0.15, 0.2) is 11.5 Å². The number of ether oxygens (including phenoxy) is 2. The highest BCUT2D eigenvalue weighted by molar-refractivity contribution is 5.93. The molecule has 3 aromatic carbocycles. The Morgan fingerprint density at radius 1 is 0.783 bits per heavy atom. The van der Waals surface area contributed by atoms with Crippen LogP contribution in [0.4, 0.5) is 0 Å². The molecule has 3 rings (SSSR count). The second-order valence-corrected chi connectivity index (χ2v) is 5.49. The molecule has 0 unspecified atom stereocenters. The van der Waals surface area contributed by atoms with Crippen molar-refractivity contribution in [2.24, 2.45) is 0 Å². The van der Waals surface area contributed by atoms with Gasteiger partial charge in [0, 0.05) is 5.56 Å². The van der Waals surface area contributed by atoms with Crippen LogP contribution in [-0.2, 0) is 0 Å². The summed E-state index contributed by atoms with van der Waals surface area (Å²) in [6, 6.07) is 18.7. The Kier molecular flexibility index (Phi) is 4.33. The fraction of sp³-hybridized carbons (Fsp3) is 0.143. The third kappa shape index (κ3) is 3.07. The molecule has 0 radical (unpaired) electrons. The molecule has 0 N–H and O–H groups in total. The molecule has 0 aromatic heterocycles. The molecular formula is C21H20O2. The topological polar surface area (TPSA) is 18.5 Å². The summed E-state index contributed by atoms with van der Waals surface area (Å²) in [6.45, 7) is 2.12. The Bertz CT molecular complexity index is 863. The maximum absolute atomic E-state index is 5.49. The number of rotatable bonds is 4.